The van der Waals surface area contributed by atoms with Crippen LogP contribution in [0.5, 0.6) is 11.5 Å². The van der Waals surface area contributed by atoms with E-state index in [1.54, 1.807) is 12.4 Å². The summed E-state index contributed by atoms with van der Waals surface area (Å²) in [7, 11) is -4.92. The molecule has 0 radical (unpaired) electrons. The first-order valence-electron chi connectivity index (χ1n) is 24.7. The van der Waals surface area contributed by atoms with Crippen LogP contribution in [0.25, 0.3) is 0 Å². The predicted molar refractivity (Wildman–Crippen MR) is 301 cm³/mol. The van der Waals surface area contributed by atoms with Gasteiger partial charge in [-0.05, 0) is 95.4 Å². The highest BCUT2D eigenvalue weighted by Gasteiger charge is 2.28. The monoisotopic (exact) mass is 988 g/mol. The second-order valence-corrected chi connectivity index (χ2v) is 24.5. The summed E-state index contributed by atoms with van der Waals surface area (Å²) in [5, 5.41) is 28.0. The highest BCUT2D eigenvalue weighted by Crippen LogP contribution is 2.52. The van der Waals surface area contributed by atoms with Gasteiger partial charge in [-0.25, -0.2) is 0 Å². The van der Waals surface area contributed by atoms with Crippen molar-refractivity contribution in [2.75, 3.05) is 12.7 Å². The van der Waals surface area contributed by atoms with Crippen LogP contribution in [-0.2, 0) is 22.7 Å². The number of aryl methyl sites for hydroxylation is 2. The van der Waals surface area contributed by atoms with E-state index in [0.29, 0.717) is 34.9 Å². The fourth-order valence-electron chi connectivity index (χ4n) is 9.52. The Hall–Kier alpha value is -6.92. The number of nitrogens with zero attached hydrogens (tertiary/aromatic N) is 4. The third-order valence-corrected chi connectivity index (χ3v) is 20.0. The average Bonchev–Trinajstić information content (AvgIpc) is 3.43. The standard InChI is InChI=1S/C62H62N4O4P2/c1-47-37-49(61(67)51(39-47)43-69-45-71(55-27-13-5-14-28-55,56-29-15-6-16-30-56)65-53-23-9-3-10-24-53)41-63-59-35-21-22-36-60(59)64-42-50-38-48(2)40-52(62(50)68)44-70-46-72(57-31-17-7-18-32-57,58-33-19-8-20-34-58)66-54-25-11-4-12-26-54/h3-20,23-34,37-42,59-60,67-68H,21-22,35-36,43-46H2,1-2H3. The molecular formula is C62H62N4O4P2. The summed E-state index contributed by atoms with van der Waals surface area (Å²) in [6.45, 7) is 4.47. The Bertz CT molecular complexity index is 2900. The Morgan fingerprint density at radius 2 is 0.750 bits per heavy atom. The lowest BCUT2D eigenvalue weighted by molar-refractivity contribution is 0.163. The van der Waals surface area contributed by atoms with E-state index < -0.39 is 14.1 Å². The van der Waals surface area contributed by atoms with E-state index in [9.17, 15) is 10.2 Å². The number of aromatic hydroxyl groups is 2. The Balaban J connectivity index is 0.921. The van der Waals surface area contributed by atoms with E-state index in [4.69, 9.17) is 28.9 Å². The molecule has 0 heterocycles. The summed E-state index contributed by atoms with van der Waals surface area (Å²) in [5.74, 6) is 0.312. The van der Waals surface area contributed by atoms with Gasteiger partial charge < -0.3 is 19.7 Å². The highest BCUT2D eigenvalue weighted by molar-refractivity contribution is 7.81. The van der Waals surface area contributed by atoms with Gasteiger partial charge in [-0.1, -0.05) is 183 Å². The predicted octanol–water partition coefficient (Wildman–Crippen LogP) is 13.9. The quantitative estimate of drug-likeness (QED) is 0.0659. The second kappa shape index (κ2) is 24.0. The molecule has 2 atom stereocenters. The van der Waals surface area contributed by atoms with Crippen LogP contribution in [0.4, 0.5) is 11.4 Å². The van der Waals surface area contributed by atoms with Gasteiger partial charge in [-0.2, -0.15) is 0 Å². The van der Waals surface area contributed by atoms with Crippen molar-refractivity contribution in [3.63, 3.8) is 0 Å². The number of benzene rings is 8. The minimum absolute atomic E-state index is 0.0902. The van der Waals surface area contributed by atoms with Crippen molar-refractivity contribution in [1.82, 2.24) is 0 Å². The number of phenolic OH excluding ortho intramolecular Hbond substituents is 2. The molecule has 9 rings (SSSR count). The van der Waals surface area contributed by atoms with Gasteiger partial charge >= 0.3 is 0 Å². The van der Waals surface area contributed by atoms with E-state index >= 15 is 0 Å². The molecule has 0 saturated heterocycles. The van der Waals surface area contributed by atoms with Crippen LogP contribution in [0, 0.1) is 13.8 Å². The van der Waals surface area contributed by atoms with Crippen molar-refractivity contribution in [3.05, 3.63) is 240 Å². The molecule has 8 aromatic carbocycles. The van der Waals surface area contributed by atoms with Crippen LogP contribution < -0.4 is 21.2 Å². The van der Waals surface area contributed by atoms with Crippen molar-refractivity contribution in [2.45, 2.75) is 64.8 Å². The van der Waals surface area contributed by atoms with Gasteiger partial charge in [0.15, 0.2) is 0 Å². The SMILES string of the molecule is Cc1cc(C=NC2CCCCC2N=Cc2cc(C)cc(COCP(=Nc3ccccc3)(c3ccccc3)c3ccccc3)c2O)c(O)c(COCP(=Nc2ccccc2)(c2ccccc2)c2ccccc2)c1. The molecule has 1 aliphatic carbocycles. The first-order valence-corrected chi connectivity index (χ1v) is 28.6. The molecule has 0 aromatic heterocycles. The Kier molecular flexibility index (Phi) is 16.7. The molecule has 2 N–H and O–H groups in total. The summed E-state index contributed by atoms with van der Waals surface area (Å²) in [6, 6.07) is 69.6. The van der Waals surface area contributed by atoms with E-state index in [-0.39, 0.29) is 36.8 Å². The van der Waals surface area contributed by atoms with Gasteiger partial charge in [-0.3, -0.25) is 19.5 Å². The molecule has 0 bridgehead atoms. The maximum absolute atomic E-state index is 11.8. The van der Waals surface area contributed by atoms with Crippen LogP contribution in [0.3, 0.4) is 0 Å². The van der Waals surface area contributed by atoms with E-state index in [1.807, 2.05) is 123 Å². The summed E-state index contributed by atoms with van der Waals surface area (Å²) in [4.78, 5) is 10.2. The molecule has 0 amide bonds. The molecule has 1 fully saturated rings. The van der Waals surface area contributed by atoms with Crippen LogP contribution in [0.1, 0.15) is 59.1 Å². The molecule has 8 aromatic rings. The van der Waals surface area contributed by atoms with Gasteiger partial charge in [0.25, 0.3) is 0 Å². The molecule has 0 spiro atoms. The molecule has 8 nitrogen and oxygen atoms in total. The van der Waals surface area contributed by atoms with Crippen LogP contribution in [-0.4, -0.2) is 47.4 Å². The molecule has 1 aliphatic rings. The minimum atomic E-state index is -2.46. The lowest BCUT2D eigenvalue weighted by Gasteiger charge is -2.26. The third-order valence-electron chi connectivity index (χ3n) is 13.1. The zero-order chi connectivity index (χ0) is 49.6. The summed E-state index contributed by atoms with van der Waals surface area (Å²) in [6.07, 6.45) is 8.14. The number of phenols is 2. The maximum atomic E-state index is 11.8. The topological polar surface area (TPSA) is 108 Å². The van der Waals surface area contributed by atoms with Gasteiger partial charge in [-0.15, -0.1) is 0 Å². The Labute approximate surface area is 425 Å². The van der Waals surface area contributed by atoms with Crippen molar-refractivity contribution in [1.29, 1.82) is 0 Å². The number of hydrogen-bond donors (Lipinski definition) is 2. The Morgan fingerprint density at radius 3 is 1.07 bits per heavy atom. The zero-order valence-electron chi connectivity index (χ0n) is 41.0. The number of hydrogen-bond acceptors (Lipinski definition) is 8. The minimum Gasteiger partial charge on any atom is -0.507 e. The van der Waals surface area contributed by atoms with Gasteiger partial charge in [0, 0.05) is 34.7 Å². The summed E-state index contributed by atoms with van der Waals surface area (Å²) >= 11 is 0. The largest absolute Gasteiger partial charge is 0.507 e. The van der Waals surface area contributed by atoms with Crippen molar-refractivity contribution in [2.24, 2.45) is 19.5 Å². The van der Waals surface area contributed by atoms with Crippen molar-refractivity contribution < 1.29 is 19.7 Å². The fourth-order valence-corrected chi connectivity index (χ4v) is 15.7. The summed E-state index contributed by atoms with van der Waals surface area (Å²) in [5.41, 5.74) is 6.47. The Morgan fingerprint density at radius 1 is 0.444 bits per heavy atom. The van der Waals surface area contributed by atoms with E-state index in [1.165, 1.54) is 0 Å². The molecule has 1 saturated carbocycles. The highest BCUT2D eigenvalue weighted by atomic mass is 31.2. The average molecular weight is 989 g/mol. The zero-order valence-corrected chi connectivity index (χ0v) is 42.8. The first kappa shape index (κ1) is 50.0. The van der Waals surface area contributed by atoms with E-state index in [0.717, 1.165) is 69.4 Å². The normalized spacial score (nSPS) is 15.2. The van der Waals surface area contributed by atoms with Gasteiger partial charge in [0.05, 0.1) is 63.5 Å². The van der Waals surface area contributed by atoms with Crippen LogP contribution in [0.15, 0.2) is 226 Å². The van der Waals surface area contributed by atoms with Crippen LogP contribution >= 0.6 is 14.1 Å². The molecule has 364 valence electrons. The lowest BCUT2D eigenvalue weighted by Crippen LogP contribution is -2.27. The van der Waals surface area contributed by atoms with Crippen LogP contribution in [0.2, 0.25) is 0 Å². The number of aliphatic imine (C=N–C) groups is 2. The molecule has 0 aliphatic heterocycles. The fraction of sp³-hybridized carbons (Fsp3) is 0.194. The van der Waals surface area contributed by atoms with Gasteiger partial charge in [0.1, 0.15) is 11.5 Å². The second-order valence-electron chi connectivity index (χ2n) is 18.4. The smallest absolute Gasteiger partial charge is 0.129 e. The lowest BCUT2D eigenvalue weighted by atomic mass is 9.91. The molecular weight excluding hydrogens is 927 g/mol. The number of ether oxygens (including phenoxy) is 2. The van der Waals surface area contributed by atoms with E-state index in [2.05, 4.69) is 97.1 Å². The van der Waals surface area contributed by atoms with Crippen molar-refractivity contribution in [3.8, 4) is 11.5 Å². The first-order chi connectivity index (χ1) is 35.3. The van der Waals surface area contributed by atoms with Crippen molar-refractivity contribution >= 4 is 59.1 Å². The molecule has 10 heteroatoms. The van der Waals surface area contributed by atoms with Gasteiger partial charge in [0.2, 0.25) is 0 Å². The molecule has 2 unspecified atom stereocenters. The maximum Gasteiger partial charge on any atom is 0.129 e. The third kappa shape index (κ3) is 12.0. The summed E-state index contributed by atoms with van der Waals surface area (Å²) < 4.78 is 24.3. The number of rotatable bonds is 18. The molecule has 72 heavy (non-hydrogen) atoms.